The number of aromatic nitrogens is 4. The lowest BCUT2D eigenvalue weighted by Gasteiger charge is -2.49. The number of nitrogen functional groups attached to an aromatic ring is 1. The lowest BCUT2D eigenvalue weighted by Crippen LogP contribution is -2.71. The maximum absolute atomic E-state index is 13.1. The lowest BCUT2D eigenvalue weighted by atomic mass is 10.0. The van der Waals surface area contributed by atoms with Crippen molar-refractivity contribution >= 4 is 74.0 Å². The second-order valence-corrected chi connectivity index (χ2v) is 10.8. The number of primary amides is 1. The Morgan fingerprint density at radius 1 is 1.41 bits per heavy atom. The molecule has 3 aromatic heterocycles. The molecule has 200 valence electrons. The van der Waals surface area contributed by atoms with E-state index in [1.54, 1.807) is 32.9 Å². The number of nitrogens with zero attached hydrogens (tertiary/aromatic N) is 7. The number of aliphatic carboxylic acids is 1. The number of fused-ring (bicyclic) bond motifs is 2. The van der Waals surface area contributed by atoms with E-state index in [0.717, 1.165) is 21.3 Å². The van der Waals surface area contributed by atoms with E-state index in [1.165, 1.54) is 23.1 Å². The van der Waals surface area contributed by atoms with Crippen molar-refractivity contribution in [1.82, 2.24) is 24.0 Å². The number of β-lactam (4-membered cyclic amide) rings is 1. The van der Waals surface area contributed by atoms with Crippen LogP contribution in [0.5, 0.6) is 0 Å². The molecule has 0 radical (unpaired) electrons. The van der Waals surface area contributed by atoms with Gasteiger partial charge in [-0.2, -0.15) is 19.0 Å². The smallest absolute Gasteiger partial charge is 0.352 e. The van der Waals surface area contributed by atoms with Crippen LogP contribution in [-0.2, 0) is 25.8 Å². The first-order chi connectivity index (χ1) is 18.7. The summed E-state index contributed by atoms with van der Waals surface area (Å²) in [6.07, 6.45) is 3.38. The number of oxime groups is 1. The fourth-order valence-electron chi connectivity index (χ4n) is 4.02. The normalized spacial score (nSPS) is 18.9. The van der Waals surface area contributed by atoms with E-state index < -0.39 is 41.7 Å². The van der Waals surface area contributed by atoms with Gasteiger partial charge in [0, 0.05) is 28.2 Å². The number of carbonyl (C=O) groups excluding carboxylic acids is 3. The van der Waals surface area contributed by atoms with Gasteiger partial charge in [-0.15, -0.1) is 11.8 Å². The highest BCUT2D eigenvalue weighted by Crippen LogP contribution is 2.40. The maximum Gasteiger partial charge on any atom is 0.352 e. The second kappa shape index (κ2) is 10.3. The molecule has 2 aliphatic heterocycles. The SMILES string of the molecule is N#CCO/N=C(\C(=O)N[C@@H]1C(=O)N2C(C(=O)O)=C(C[n+]3cc4scc(C(N)=O)n4c3)CS[C@H]12)c1nsc(N)n1. The number of nitrogens with one attached hydrogen (secondary N) is 1. The number of carboxylic acids is 1. The van der Waals surface area contributed by atoms with Crippen LogP contribution in [0.4, 0.5) is 5.13 Å². The highest BCUT2D eigenvalue weighted by Gasteiger charge is 2.54. The molecule has 2 atom stereocenters. The Hall–Kier alpha value is -4.54. The first kappa shape index (κ1) is 26.1. The Bertz CT molecular complexity index is 1630. The van der Waals surface area contributed by atoms with Crippen LogP contribution in [0.15, 0.2) is 34.3 Å². The molecule has 19 heteroatoms. The van der Waals surface area contributed by atoms with E-state index in [4.69, 9.17) is 21.6 Å². The first-order valence-electron chi connectivity index (χ1n) is 10.8. The number of nitrogens with two attached hydrogens (primary N) is 2. The number of imidazole rings is 1. The minimum absolute atomic E-state index is 0.0649. The van der Waals surface area contributed by atoms with Crippen LogP contribution in [0.2, 0.25) is 0 Å². The Labute approximate surface area is 230 Å². The predicted octanol–water partition coefficient (Wildman–Crippen LogP) is -1.50. The highest BCUT2D eigenvalue weighted by molar-refractivity contribution is 8.00. The number of rotatable bonds is 9. The van der Waals surface area contributed by atoms with Crippen LogP contribution in [-0.4, -0.2) is 76.9 Å². The summed E-state index contributed by atoms with van der Waals surface area (Å²) < 4.78 is 7.23. The molecular formula is C20H17N10O6S3+. The van der Waals surface area contributed by atoms with Gasteiger partial charge in [-0.3, -0.25) is 19.3 Å². The van der Waals surface area contributed by atoms with Gasteiger partial charge in [-0.1, -0.05) is 16.5 Å². The summed E-state index contributed by atoms with van der Waals surface area (Å²) in [5, 5.41) is 25.8. The van der Waals surface area contributed by atoms with E-state index in [2.05, 4.69) is 19.8 Å². The average Bonchev–Trinajstić information content (AvgIpc) is 3.60. The molecule has 3 aromatic rings. The number of thioether (sulfide) groups is 1. The van der Waals surface area contributed by atoms with Crippen molar-refractivity contribution in [2.45, 2.75) is 18.0 Å². The summed E-state index contributed by atoms with van der Waals surface area (Å²) in [6.45, 7) is -0.291. The molecule has 2 aliphatic rings. The van der Waals surface area contributed by atoms with Crippen molar-refractivity contribution in [3.63, 3.8) is 0 Å². The third-order valence-corrected chi connectivity index (χ3v) is 8.41. The van der Waals surface area contributed by atoms with Gasteiger partial charge in [0.05, 0.1) is 0 Å². The van der Waals surface area contributed by atoms with E-state index in [9.17, 15) is 24.3 Å². The minimum atomic E-state index is -1.29. The largest absolute Gasteiger partial charge is 0.477 e. The number of hydrogen-bond donors (Lipinski definition) is 4. The zero-order chi connectivity index (χ0) is 27.8. The van der Waals surface area contributed by atoms with Gasteiger partial charge in [0.25, 0.3) is 24.0 Å². The van der Waals surface area contributed by atoms with Crippen LogP contribution in [0, 0.1) is 11.3 Å². The van der Waals surface area contributed by atoms with Crippen molar-refractivity contribution in [2.75, 3.05) is 18.1 Å². The Morgan fingerprint density at radius 2 is 2.21 bits per heavy atom. The van der Waals surface area contributed by atoms with Gasteiger partial charge in [0.2, 0.25) is 28.7 Å². The quantitative estimate of drug-likeness (QED) is 0.0737. The molecule has 0 aromatic carbocycles. The monoisotopic (exact) mass is 589 g/mol. The molecule has 0 unspecified atom stereocenters. The number of carboxylic acid groups (broad SMARTS) is 1. The van der Waals surface area contributed by atoms with E-state index >= 15 is 0 Å². The second-order valence-electron chi connectivity index (χ2n) is 8.06. The number of amides is 3. The molecule has 0 bridgehead atoms. The number of carbonyl (C=O) groups is 4. The molecule has 39 heavy (non-hydrogen) atoms. The fraction of sp³-hybridized carbons (Fsp3) is 0.250. The number of thiazole rings is 1. The van der Waals surface area contributed by atoms with Crippen LogP contribution < -0.4 is 21.4 Å². The molecule has 6 N–H and O–H groups in total. The van der Waals surface area contributed by atoms with Gasteiger partial charge >= 0.3 is 5.97 Å². The first-order valence-corrected chi connectivity index (χ1v) is 13.6. The molecule has 0 aliphatic carbocycles. The molecule has 5 heterocycles. The van der Waals surface area contributed by atoms with E-state index in [0.29, 0.717) is 11.3 Å². The van der Waals surface area contributed by atoms with Gasteiger partial charge in [-0.05, 0) is 0 Å². The van der Waals surface area contributed by atoms with Gasteiger partial charge in [0.15, 0.2) is 5.13 Å². The van der Waals surface area contributed by atoms with E-state index in [-0.39, 0.29) is 34.7 Å². The molecule has 0 spiro atoms. The topological polar surface area (TPSA) is 235 Å². The van der Waals surface area contributed by atoms with Crippen molar-refractivity contribution < 1.29 is 33.7 Å². The van der Waals surface area contributed by atoms with Crippen LogP contribution >= 0.6 is 34.6 Å². The van der Waals surface area contributed by atoms with Gasteiger partial charge in [0.1, 0.15) is 35.9 Å². The lowest BCUT2D eigenvalue weighted by molar-refractivity contribution is -0.687. The summed E-state index contributed by atoms with van der Waals surface area (Å²) >= 11 is 3.40. The third-order valence-electron chi connectivity index (χ3n) is 5.64. The number of anilines is 1. The van der Waals surface area contributed by atoms with Gasteiger partial charge < -0.3 is 26.7 Å². The van der Waals surface area contributed by atoms with Crippen molar-refractivity contribution in [3.05, 3.63) is 40.7 Å². The average molecular weight is 590 g/mol. The zero-order valence-corrected chi connectivity index (χ0v) is 22.0. The zero-order valence-electron chi connectivity index (χ0n) is 19.5. The minimum Gasteiger partial charge on any atom is -0.477 e. The molecule has 3 amide bonds. The maximum atomic E-state index is 13.1. The third kappa shape index (κ3) is 4.75. The summed E-state index contributed by atoms with van der Waals surface area (Å²) in [5.74, 6) is -3.25. The van der Waals surface area contributed by atoms with Crippen LogP contribution in [0.1, 0.15) is 16.3 Å². The molecule has 0 saturated carbocycles. The standard InChI is InChI=1S/C20H16N10O6S3/c21-1-2-36-26-11(15-25-20(23)39-27-15)16(32)24-12-17(33)30-13(19(34)35)8(5-38-18(12)30)3-28-4-10-29(7-28)9(6-37-10)14(22)31/h4,6-7,12,18H,2-3,5H2,(H5-,22,23,24,25,27,31,32,34,35)/p+1/b26-11-/t12-,18-/m1/s1. The molecule has 5 rings (SSSR count). The summed E-state index contributed by atoms with van der Waals surface area (Å²) in [5.41, 5.74) is 11.2. The Balaban J connectivity index is 1.35. The Kier molecular flexibility index (Phi) is 6.90. The summed E-state index contributed by atoms with van der Waals surface area (Å²) in [6, 6.07) is 0.650. The summed E-state index contributed by atoms with van der Waals surface area (Å²) in [7, 11) is 0. The highest BCUT2D eigenvalue weighted by atomic mass is 32.2. The molecular weight excluding hydrogens is 572 g/mol. The van der Waals surface area contributed by atoms with Crippen molar-refractivity contribution in [2.24, 2.45) is 10.9 Å². The number of nitriles is 1. The van der Waals surface area contributed by atoms with Crippen LogP contribution in [0.25, 0.3) is 4.83 Å². The van der Waals surface area contributed by atoms with Gasteiger partial charge in [-0.25, -0.2) is 9.36 Å². The Morgan fingerprint density at radius 3 is 2.87 bits per heavy atom. The molecule has 1 saturated heterocycles. The van der Waals surface area contributed by atoms with E-state index in [1.807, 2.05) is 0 Å². The van der Waals surface area contributed by atoms with Crippen LogP contribution in [0.3, 0.4) is 0 Å². The van der Waals surface area contributed by atoms with Crippen molar-refractivity contribution in [1.29, 1.82) is 5.26 Å². The fourth-order valence-corrected chi connectivity index (χ4v) is 6.71. The molecule has 1 fully saturated rings. The number of hydrogen-bond acceptors (Lipinski definition) is 13. The van der Waals surface area contributed by atoms with Crippen molar-refractivity contribution in [3.8, 4) is 6.07 Å². The predicted molar refractivity (Wildman–Crippen MR) is 136 cm³/mol. The molecule has 16 nitrogen and oxygen atoms in total. The summed E-state index contributed by atoms with van der Waals surface area (Å²) in [4.78, 5) is 60.4.